The molecular formula is C18H21NO2. The third-order valence-corrected chi connectivity index (χ3v) is 3.37. The number of hydrogen-bond donors (Lipinski definition) is 1. The molecular weight excluding hydrogens is 262 g/mol. The smallest absolute Gasteiger partial charge is 0.327 e. The van der Waals surface area contributed by atoms with Crippen LogP contribution in [0.5, 0.6) is 0 Å². The quantitative estimate of drug-likeness (QED) is 0.823. The fourth-order valence-corrected chi connectivity index (χ4v) is 2.26. The summed E-state index contributed by atoms with van der Waals surface area (Å²) in [5.41, 5.74) is 2.06. The van der Waals surface area contributed by atoms with E-state index in [1.54, 1.807) is 0 Å². The van der Waals surface area contributed by atoms with Crippen molar-refractivity contribution in [2.45, 2.75) is 25.9 Å². The second-order valence-electron chi connectivity index (χ2n) is 4.89. The average molecular weight is 283 g/mol. The largest absolute Gasteiger partial charge is 0.465 e. The number of benzene rings is 2. The number of nitrogens with one attached hydrogen (secondary N) is 1. The van der Waals surface area contributed by atoms with Gasteiger partial charge in [-0.05, 0) is 25.0 Å². The van der Waals surface area contributed by atoms with E-state index in [4.69, 9.17) is 4.74 Å². The summed E-state index contributed by atoms with van der Waals surface area (Å²) in [5, 5.41) is 3.36. The maximum Gasteiger partial charge on any atom is 0.327 e. The van der Waals surface area contributed by atoms with Crippen molar-refractivity contribution in [3.63, 3.8) is 0 Å². The second kappa shape index (κ2) is 7.60. The first-order valence-corrected chi connectivity index (χ1v) is 7.25. The number of ether oxygens (including phenoxy) is 1. The molecule has 0 aliphatic heterocycles. The lowest BCUT2D eigenvalue weighted by molar-refractivity contribution is -0.146. The second-order valence-corrected chi connectivity index (χ2v) is 4.89. The zero-order valence-electron chi connectivity index (χ0n) is 12.5. The summed E-state index contributed by atoms with van der Waals surface area (Å²) in [5.74, 6) is -0.244. The fraction of sp³-hybridized carbons (Fsp3) is 0.278. The molecule has 0 radical (unpaired) electrons. The molecule has 3 heteroatoms. The molecule has 0 amide bonds. The van der Waals surface area contributed by atoms with E-state index in [2.05, 4.69) is 5.32 Å². The Morgan fingerprint density at radius 1 is 1.00 bits per heavy atom. The number of hydrogen-bond acceptors (Lipinski definition) is 3. The molecule has 2 aromatic carbocycles. The molecule has 0 aliphatic rings. The van der Waals surface area contributed by atoms with Gasteiger partial charge in [0.25, 0.3) is 0 Å². The molecule has 2 aromatic rings. The first-order valence-electron chi connectivity index (χ1n) is 7.25. The predicted octanol–water partition coefficient (Wildman–Crippen LogP) is 3.64. The highest BCUT2D eigenvalue weighted by molar-refractivity contribution is 5.77. The highest BCUT2D eigenvalue weighted by atomic mass is 16.5. The van der Waals surface area contributed by atoms with E-state index in [0.717, 1.165) is 11.1 Å². The van der Waals surface area contributed by atoms with Crippen LogP contribution in [0.2, 0.25) is 0 Å². The average Bonchev–Trinajstić information content (AvgIpc) is 2.54. The van der Waals surface area contributed by atoms with Gasteiger partial charge in [0, 0.05) is 6.04 Å². The fourth-order valence-electron chi connectivity index (χ4n) is 2.26. The van der Waals surface area contributed by atoms with E-state index < -0.39 is 6.04 Å². The van der Waals surface area contributed by atoms with Crippen molar-refractivity contribution < 1.29 is 9.53 Å². The lowest BCUT2D eigenvalue weighted by Gasteiger charge is -2.22. The van der Waals surface area contributed by atoms with Crippen molar-refractivity contribution in [1.29, 1.82) is 0 Å². The first-order chi connectivity index (χ1) is 10.2. The Morgan fingerprint density at radius 3 is 2.05 bits per heavy atom. The molecule has 0 spiro atoms. The van der Waals surface area contributed by atoms with Crippen molar-refractivity contribution >= 4 is 5.97 Å². The molecule has 0 fully saturated rings. The van der Waals surface area contributed by atoms with Crippen LogP contribution in [0.15, 0.2) is 60.7 Å². The standard InChI is InChI=1S/C18H21NO2/c1-3-21-18(20)17(16-12-8-5-9-13-16)19-14(2)15-10-6-4-7-11-15/h4-14,17,19H,3H2,1-2H3/t14-,17+/m1/s1. The Labute approximate surface area is 126 Å². The summed E-state index contributed by atoms with van der Waals surface area (Å²) in [7, 11) is 0. The molecule has 0 heterocycles. The summed E-state index contributed by atoms with van der Waals surface area (Å²) in [6.07, 6.45) is 0. The molecule has 0 bridgehead atoms. The van der Waals surface area contributed by atoms with E-state index >= 15 is 0 Å². The van der Waals surface area contributed by atoms with Crippen LogP contribution < -0.4 is 5.32 Å². The predicted molar refractivity (Wildman–Crippen MR) is 83.8 cm³/mol. The van der Waals surface area contributed by atoms with E-state index in [1.165, 1.54) is 0 Å². The monoisotopic (exact) mass is 283 g/mol. The van der Waals surface area contributed by atoms with Crippen molar-refractivity contribution in [2.24, 2.45) is 0 Å². The number of rotatable bonds is 6. The van der Waals surface area contributed by atoms with Crippen LogP contribution in [0.4, 0.5) is 0 Å². The van der Waals surface area contributed by atoms with Gasteiger partial charge in [0.2, 0.25) is 0 Å². The normalized spacial score (nSPS) is 13.4. The van der Waals surface area contributed by atoms with Crippen LogP contribution in [0.1, 0.15) is 37.1 Å². The molecule has 0 aliphatic carbocycles. The third kappa shape index (κ3) is 4.17. The molecule has 2 rings (SSSR count). The van der Waals surface area contributed by atoms with Gasteiger partial charge in [0.05, 0.1) is 6.61 Å². The maximum atomic E-state index is 12.2. The SMILES string of the molecule is CCOC(=O)[C@@H](N[C@H](C)c1ccccc1)c1ccccc1. The van der Waals surface area contributed by atoms with Gasteiger partial charge in [-0.1, -0.05) is 60.7 Å². The van der Waals surface area contributed by atoms with Gasteiger partial charge in [-0.3, -0.25) is 5.32 Å². The minimum absolute atomic E-state index is 0.0563. The minimum atomic E-state index is -0.457. The zero-order valence-corrected chi connectivity index (χ0v) is 12.5. The van der Waals surface area contributed by atoms with E-state index in [1.807, 2.05) is 74.5 Å². The summed E-state index contributed by atoms with van der Waals surface area (Å²) < 4.78 is 5.19. The molecule has 0 unspecified atom stereocenters. The molecule has 2 atom stereocenters. The Bertz CT molecular complexity index is 554. The Balaban J connectivity index is 2.18. The lowest BCUT2D eigenvalue weighted by Crippen LogP contribution is -2.32. The number of carbonyl (C=O) groups is 1. The highest BCUT2D eigenvalue weighted by Crippen LogP contribution is 2.20. The molecule has 0 saturated heterocycles. The van der Waals surface area contributed by atoms with E-state index in [0.29, 0.717) is 6.61 Å². The molecule has 1 N–H and O–H groups in total. The zero-order chi connectivity index (χ0) is 15.1. The molecule has 110 valence electrons. The summed E-state index contributed by atoms with van der Waals surface area (Å²) >= 11 is 0. The molecule has 0 saturated carbocycles. The van der Waals surface area contributed by atoms with Crippen LogP contribution in [0.3, 0.4) is 0 Å². The maximum absolute atomic E-state index is 12.2. The van der Waals surface area contributed by atoms with Gasteiger partial charge in [-0.25, -0.2) is 4.79 Å². The summed E-state index contributed by atoms with van der Waals surface area (Å²) in [6, 6.07) is 19.3. The first kappa shape index (κ1) is 15.3. The van der Waals surface area contributed by atoms with Crippen molar-refractivity contribution in [2.75, 3.05) is 6.61 Å². The van der Waals surface area contributed by atoms with Crippen molar-refractivity contribution in [1.82, 2.24) is 5.32 Å². The Hall–Kier alpha value is -2.13. The van der Waals surface area contributed by atoms with Gasteiger partial charge in [-0.15, -0.1) is 0 Å². The van der Waals surface area contributed by atoms with Crippen molar-refractivity contribution in [3.05, 3.63) is 71.8 Å². The van der Waals surface area contributed by atoms with Crippen LogP contribution >= 0.6 is 0 Å². The van der Waals surface area contributed by atoms with Crippen LogP contribution in [-0.4, -0.2) is 12.6 Å². The Kier molecular flexibility index (Phi) is 5.52. The molecule has 3 nitrogen and oxygen atoms in total. The van der Waals surface area contributed by atoms with E-state index in [9.17, 15) is 4.79 Å². The third-order valence-electron chi connectivity index (χ3n) is 3.37. The minimum Gasteiger partial charge on any atom is -0.465 e. The summed E-state index contributed by atoms with van der Waals surface area (Å²) in [6.45, 7) is 4.24. The number of carbonyl (C=O) groups excluding carboxylic acids is 1. The highest BCUT2D eigenvalue weighted by Gasteiger charge is 2.23. The lowest BCUT2D eigenvalue weighted by atomic mass is 10.0. The van der Waals surface area contributed by atoms with Gasteiger partial charge in [0.15, 0.2) is 0 Å². The van der Waals surface area contributed by atoms with Crippen molar-refractivity contribution in [3.8, 4) is 0 Å². The van der Waals surface area contributed by atoms with Crippen LogP contribution in [0.25, 0.3) is 0 Å². The summed E-state index contributed by atoms with van der Waals surface area (Å²) in [4.78, 5) is 12.2. The van der Waals surface area contributed by atoms with Gasteiger partial charge < -0.3 is 4.74 Å². The topological polar surface area (TPSA) is 38.3 Å². The van der Waals surface area contributed by atoms with Gasteiger partial charge in [-0.2, -0.15) is 0 Å². The van der Waals surface area contributed by atoms with E-state index in [-0.39, 0.29) is 12.0 Å². The van der Waals surface area contributed by atoms with Gasteiger partial charge >= 0.3 is 5.97 Å². The van der Waals surface area contributed by atoms with Crippen LogP contribution in [-0.2, 0) is 9.53 Å². The molecule has 0 aromatic heterocycles. The van der Waals surface area contributed by atoms with Gasteiger partial charge in [0.1, 0.15) is 6.04 Å². The molecule has 21 heavy (non-hydrogen) atoms. The van der Waals surface area contributed by atoms with Crippen LogP contribution in [0, 0.1) is 0 Å². The Morgan fingerprint density at radius 2 is 1.52 bits per heavy atom. The number of esters is 1.